The van der Waals surface area contributed by atoms with E-state index in [0.717, 1.165) is 22.4 Å². The monoisotopic (exact) mass is 313 g/mol. The maximum absolute atomic E-state index is 12.3. The van der Waals surface area contributed by atoms with Gasteiger partial charge in [-0.15, -0.1) is 0 Å². The predicted molar refractivity (Wildman–Crippen MR) is 100 cm³/mol. The first-order chi connectivity index (χ1) is 11.0. The van der Waals surface area contributed by atoms with Gasteiger partial charge >= 0.3 is 0 Å². The van der Waals surface area contributed by atoms with Crippen LogP contribution in [0.1, 0.15) is 45.7 Å². The van der Waals surface area contributed by atoms with Crippen molar-refractivity contribution in [3.63, 3.8) is 0 Å². The summed E-state index contributed by atoms with van der Waals surface area (Å²) >= 11 is 0. The van der Waals surface area contributed by atoms with Gasteiger partial charge in [0, 0.05) is 17.1 Å². The zero-order valence-electron chi connectivity index (χ0n) is 15.5. The van der Waals surface area contributed by atoms with Crippen molar-refractivity contribution in [3.8, 4) is 5.75 Å². The third-order valence-corrected chi connectivity index (χ3v) is 4.04. The average Bonchev–Trinajstić information content (AvgIpc) is 2.60. The molecule has 2 aromatic rings. The van der Waals surface area contributed by atoms with E-state index in [1.165, 1.54) is 0 Å². The summed E-state index contributed by atoms with van der Waals surface area (Å²) in [7, 11) is 5.92. The summed E-state index contributed by atoms with van der Waals surface area (Å²) in [5.74, 6) is 0.806. The van der Waals surface area contributed by atoms with Gasteiger partial charge < -0.3 is 9.30 Å². The van der Waals surface area contributed by atoms with Crippen LogP contribution < -0.4 is 10.2 Å². The molecule has 0 N–H and O–H groups in total. The van der Waals surface area contributed by atoms with Crippen LogP contribution in [0, 0.1) is 13.8 Å². The van der Waals surface area contributed by atoms with Crippen LogP contribution in [0.25, 0.3) is 10.9 Å². The fourth-order valence-electron chi connectivity index (χ4n) is 2.69. The smallest absolute Gasteiger partial charge is 0.192 e. The molecule has 1 aromatic heterocycles. The number of aromatic nitrogens is 1. The van der Waals surface area contributed by atoms with Crippen molar-refractivity contribution in [2.45, 2.75) is 60.3 Å². The Morgan fingerprint density at radius 1 is 1.17 bits per heavy atom. The molecule has 1 unspecified atom stereocenters. The number of benzene rings is 1. The van der Waals surface area contributed by atoms with E-state index in [0.29, 0.717) is 18.3 Å². The Hall–Kier alpha value is -1.71. The molecule has 0 saturated heterocycles. The van der Waals surface area contributed by atoms with Crippen LogP contribution in [-0.2, 0) is 5.54 Å². The summed E-state index contributed by atoms with van der Waals surface area (Å²) in [6.45, 7) is 14.4. The van der Waals surface area contributed by atoms with E-state index >= 15 is 0 Å². The number of aryl methyl sites for hydroxylation is 2. The van der Waals surface area contributed by atoms with Crippen molar-refractivity contribution in [3.05, 3.63) is 39.7 Å². The molecule has 0 aliphatic carbocycles. The highest BCUT2D eigenvalue weighted by molar-refractivity contribution is 6.09. The van der Waals surface area contributed by atoms with Crippen molar-refractivity contribution in [1.29, 1.82) is 0 Å². The molecule has 4 heteroatoms. The summed E-state index contributed by atoms with van der Waals surface area (Å²) in [4.78, 5) is 12.3. The van der Waals surface area contributed by atoms with Gasteiger partial charge in [-0.2, -0.15) is 0 Å². The van der Waals surface area contributed by atoms with E-state index in [-0.39, 0.29) is 11.0 Å². The second-order valence-corrected chi connectivity index (χ2v) is 5.61. The van der Waals surface area contributed by atoms with E-state index in [1.807, 2.05) is 59.9 Å². The van der Waals surface area contributed by atoms with Crippen LogP contribution >= 0.6 is 0 Å². The number of hydrogen-bond donors (Lipinski definition) is 0. The highest BCUT2D eigenvalue weighted by atomic mass is 16.5. The number of hydrogen-bond acceptors (Lipinski definition) is 2. The molecule has 1 aliphatic rings. The molecular formula is C19H28BNO2. The van der Waals surface area contributed by atoms with Gasteiger partial charge in [0.15, 0.2) is 5.43 Å². The Bertz CT molecular complexity index is 736. The van der Waals surface area contributed by atoms with E-state index in [4.69, 9.17) is 12.6 Å². The molecule has 2 radical (unpaired) electrons. The van der Waals surface area contributed by atoms with Crippen LogP contribution in [0.3, 0.4) is 0 Å². The average molecular weight is 313 g/mol. The number of rotatable bonds is 1. The van der Waals surface area contributed by atoms with E-state index < -0.39 is 0 Å². The molecule has 0 amide bonds. The van der Waals surface area contributed by atoms with Gasteiger partial charge in [0.2, 0.25) is 0 Å². The fourth-order valence-corrected chi connectivity index (χ4v) is 2.69. The van der Waals surface area contributed by atoms with E-state index in [1.54, 1.807) is 0 Å². The van der Waals surface area contributed by atoms with Crippen molar-refractivity contribution in [2.75, 3.05) is 6.61 Å². The molecule has 3 rings (SSSR count). The summed E-state index contributed by atoms with van der Waals surface area (Å²) in [6, 6.07) is 3.82. The molecule has 23 heavy (non-hydrogen) atoms. The molecule has 0 saturated carbocycles. The Morgan fingerprint density at radius 2 is 1.78 bits per heavy atom. The lowest BCUT2D eigenvalue weighted by Gasteiger charge is -2.38. The van der Waals surface area contributed by atoms with Crippen molar-refractivity contribution in [1.82, 2.24) is 4.57 Å². The third kappa shape index (κ3) is 3.17. The summed E-state index contributed by atoms with van der Waals surface area (Å²) < 4.78 is 8.00. The SMILES string of the molecule is CC.CC.[B]CC1(C)COc2c(C)ccc3c(=O)c(C)cn1c23. The molecule has 1 aromatic carbocycles. The standard InChI is InChI=1S/C15H16BNO2.2C2H6/c1-9-4-5-11-12-14(9)19-8-15(3,7-16)17(12)6-10(2)13(11)18;2*1-2/h4-6H,7-8H2,1-3H3;2*1-2H3. The van der Waals surface area contributed by atoms with Gasteiger partial charge in [-0.05, 0) is 32.4 Å². The van der Waals surface area contributed by atoms with Crippen molar-refractivity contribution in [2.24, 2.45) is 0 Å². The van der Waals surface area contributed by atoms with Crippen LogP contribution in [0.5, 0.6) is 5.75 Å². The molecular weight excluding hydrogens is 285 g/mol. The first-order valence-electron chi connectivity index (χ1n) is 8.47. The highest BCUT2D eigenvalue weighted by Crippen LogP contribution is 2.37. The molecule has 0 fully saturated rings. The number of pyridine rings is 1. The largest absolute Gasteiger partial charge is 0.489 e. The molecule has 0 bridgehead atoms. The van der Waals surface area contributed by atoms with Gasteiger partial charge in [0.25, 0.3) is 0 Å². The van der Waals surface area contributed by atoms with Gasteiger partial charge in [-0.1, -0.05) is 40.1 Å². The van der Waals surface area contributed by atoms with Crippen molar-refractivity contribution < 1.29 is 4.74 Å². The Kier molecular flexibility index (Phi) is 6.49. The van der Waals surface area contributed by atoms with Crippen LogP contribution in [0.2, 0.25) is 6.32 Å². The Labute approximate surface area is 141 Å². The molecule has 0 spiro atoms. The summed E-state index contributed by atoms with van der Waals surface area (Å²) in [6.07, 6.45) is 2.38. The zero-order chi connectivity index (χ0) is 17.8. The minimum atomic E-state index is -0.308. The Morgan fingerprint density at radius 3 is 2.35 bits per heavy atom. The van der Waals surface area contributed by atoms with E-state index in [9.17, 15) is 4.79 Å². The summed E-state index contributed by atoms with van der Waals surface area (Å²) in [5, 5.41) is 0.708. The first kappa shape index (κ1) is 19.3. The maximum atomic E-state index is 12.3. The molecule has 124 valence electrons. The van der Waals surface area contributed by atoms with E-state index in [2.05, 4.69) is 11.5 Å². The third-order valence-electron chi connectivity index (χ3n) is 4.04. The van der Waals surface area contributed by atoms with Crippen LogP contribution in [0.4, 0.5) is 0 Å². The number of ether oxygens (including phenoxy) is 1. The van der Waals surface area contributed by atoms with Gasteiger partial charge in [-0.25, -0.2) is 0 Å². The lowest BCUT2D eigenvalue weighted by Crippen LogP contribution is -2.40. The van der Waals surface area contributed by atoms with Crippen molar-refractivity contribution >= 4 is 18.7 Å². The molecule has 3 nitrogen and oxygen atoms in total. The second kappa shape index (κ2) is 7.71. The molecule has 1 aliphatic heterocycles. The highest BCUT2D eigenvalue weighted by Gasteiger charge is 2.32. The quantitative estimate of drug-likeness (QED) is 0.732. The summed E-state index contributed by atoms with van der Waals surface area (Å²) in [5.41, 5.74) is 2.41. The molecule has 1 atom stereocenters. The fraction of sp³-hybridized carbons (Fsp3) is 0.526. The Balaban J connectivity index is 0.000000615. The zero-order valence-corrected chi connectivity index (χ0v) is 15.5. The van der Waals surface area contributed by atoms with Gasteiger partial charge in [0.05, 0.1) is 18.9 Å². The lowest BCUT2D eigenvalue weighted by atomic mass is 9.84. The topological polar surface area (TPSA) is 31.2 Å². The van der Waals surface area contributed by atoms with Gasteiger partial charge in [-0.3, -0.25) is 4.79 Å². The minimum Gasteiger partial charge on any atom is -0.489 e. The second-order valence-electron chi connectivity index (χ2n) is 5.61. The predicted octanol–water partition coefficient (Wildman–Crippen LogP) is 4.37. The van der Waals surface area contributed by atoms with Crippen LogP contribution in [-0.4, -0.2) is 19.0 Å². The number of nitrogens with zero attached hydrogens (tertiary/aromatic N) is 1. The van der Waals surface area contributed by atoms with Gasteiger partial charge in [0.1, 0.15) is 12.4 Å². The van der Waals surface area contributed by atoms with Crippen LogP contribution in [0.15, 0.2) is 23.1 Å². The maximum Gasteiger partial charge on any atom is 0.192 e. The minimum absolute atomic E-state index is 0.0670. The molecule has 2 heterocycles. The first-order valence-corrected chi connectivity index (χ1v) is 8.47. The lowest BCUT2D eigenvalue weighted by molar-refractivity contribution is 0.170. The normalized spacial score (nSPS) is 18.2.